The first kappa shape index (κ1) is 14.5. The fourth-order valence-electron chi connectivity index (χ4n) is 2.75. The second-order valence-electron chi connectivity index (χ2n) is 5.54. The van der Waals surface area contributed by atoms with Crippen molar-refractivity contribution in [2.75, 3.05) is 19.6 Å². The fraction of sp³-hybridized carbons (Fsp3) is 0.800. The van der Waals surface area contributed by atoms with Gasteiger partial charge in [-0.1, -0.05) is 20.8 Å². The highest BCUT2D eigenvalue weighted by molar-refractivity contribution is 5.01. The third-order valence-corrected chi connectivity index (χ3v) is 4.13. The molecule has 0 aromatic carbocycles. The van der Waals surface area contributed by atoms with Crippen molar-refractivity contribution in [3.63, 3.8) is 0 Å². The zero-order chi connectivity index (χ0) is 13.7. The Kier molecular flexibility index (Phi) is 5.40. The van der Waals surface area contributed by atoms with E-state index in [-0.39, 0.29) is 0 Å². The van der Waals surface area contributed by atoms with Gasteiger partial charge in [-0.15, -0.1) is 0 Å². The van der Waals surface area contributed by atoms with Gasteiger partial charge in [0.25, 0.3) is 0 Å². The minimum atomic E-state index is 0.554. The van der Waals surface area contributed by atoms with Gasteiger partial charge in [-0.2, -0.15) is 5.10 Å². The van der Waals surface area contributed by atoms with Crippen LogP contribution in [0.2, 0.25) is 0 Å². The lowest BCUT2D eigenvalue weighted by molar-refractivity contribution is 0.135. The molecule has 108 valence electrons. The Morgan fingerprint density at radius 3 is 2.63 bits per heavy atom. The SMILES string of the molecule is CCCN(Cc1ccn(C(CC)CC)n1)C1CNC1. The van der Waals surface area contributed by atoms with Gasteiger partial charge in [0.2, 0.25) is 0 Å². The molecule has 0 radical (unpaired) electrons. The Balaban J connectivity index is 1.96. The summed E-state index contributed by atoms with van der Waals surface area (Å²) < 4.78 is 2.15. The normalized spacial score (nSPS) is 16.3. The lowest BCUT2D eigenvalue weighted by Crippen LogP contribution is -2.57. The van der Waals surface area contributed by atoms with Crippen molar-refractivity contribution < 1.29 is 0 Å². The van der Waals surface area contributed by atoms with E-state index in [9.17, 15) is 0 Å². The summed E-state index contributed by atoms with van der Waals surface area (Å²) in [6.07, 6.45) is 5.67. The molecule has 4 heteroatoms. The van der Waals surface area contributed by atoms with Crippen molar-refractivity contribution in [1.82, 2.24) is 20.0 Å². The predicted octanol–water partition coefficient (Wildman–Crippen LogP) is 2.43. The largest absolute Gasteiger partial charge is 0.314 e. The number of rotatable bonds is 8. The molecule has 0 atom stereocenters. The first-order valence-corrected chi connectivity index (χ1v) is 7.77. The Hall–Kier alpha value is -0.870. The topological polar surface area (TPSA) is 33.1 Å². The minimum absolute atomic E-state index is 0.554. The van der Waals surface area contributed by atoms with Crippen molar-refractivity contribution in [1.29, 1.82) is 0 Å². The molecule has 1 aromatic heterocycles. The highest BCUT2D eigenvalue weighted by Gasteiger charge is 2.24. The summed E-state index contributed by atoms with van der Waals surface area (Å²) in [6, 6.07) is 3.45. The van der Waals surface area contributed by atoms with E-state index in [1.54, 1.807) is 0 Å². The third kappa shape index (κ3) is 3.57. The molecule has 1 aliphatic rings. The molecule has 2 heterocycles. The van der Waals surface area contributed by atoms with E-state index in [0.29, 0.717) is 12.1 Å². The lowest BCUT2D eigenvalue weighted by Gasteiger charge is -2.37. The van der Waals surface area contributed by atoms with Crippen LogP contribution in [0.4, 0.5) is 0 Å². The lowest BCUT2D eigenvalue weighted by atomic mass is 10.1. The van der Waals surface area contributed by atoms with Crippen molar-refractivity contribution in [2.24, 2.45) is 0 Å². The molecule has 1 aromatic rings. The quantitative estimate of drug-likeness (QED) is 0.783. The smallest absolute Gasteiger partial charge is 0.0765 e. The Morgan fingerprint density at radius 1 is 1.37 bits per heavy atom. The molecule has 1 aliphatic heterocycles. The third-order valence-electron chi connectivity index (χ3n) is 4.13. The summed E-state index contributed by atoms with van der Waals surface area (Å²) in [5.41, 5.74) is 1.22. The van der Waals surface area contributed by atoms with E-state index >= 15 is 0 Å². The molecule has 4 nitrogen and oxygen atoms in total. The van der Waals surface area contributed by atoms with Gasteiger partial charge in [0.1, 0.15) is 0 Å². The maximum Gasteiger partial charge on any atom is 0.0765 e. The van der Waals surface area contributed by atoms with Gasteiger partial charge in [0.15, 0.2) is 0 Å². The molecule has 0 unspecified atom stereocenters. The van der Waals surface area contributed by atoms with Gasteiger partial charge in [-0.05, 0) is 31.9 Å². The molecule has 0 saturated carbocycles. The van der Waals surface area contributed by atoms with Crippen LogP contribution in [0, 0.1) is 0 Å². The second-order valence-corrected chi connectivity index (χ2v) is 5.54. The number of hydrogen-bond donors (Lipinski definition) is 1. The van der Waals surface area contributed by atoms with Crippen molar-refractivity contribution in [2.45, 2.75) is 58.7 Å². The van der Waals surface area contributed by atoms with E-state index in [0.717, 1.165) is 32.5 Å². The van der Waals surface area contributed by atoms with Crippen LogP contribution in [0.3, 0.4) is 0 Å². The number of nitrogens with one attached hydrogen (secondary N) is 1. The number of aromatic nitrogens is 2. The standard InChI is InChI=1S/C15H28N4/c1-4-8-18(15-10-16-11-15)12-13-7-9-19(17-13)14(5-2)6-3/h7,9,14-16H,4-6,8,10-12H2,1-3H3. The predicted molar refractivity (Wildman–Crippen MR) is 79.2 cm³/mol. The monoisotopic (exact) mass is 264 g/mol. The van der Waals surface area contributed by atoms with Gasteiger partial charge < -0.3 is 5.32 Å². The Labute approximate surface area is 117 Å². The van der Waals surface area contributed by atoms with Gasteiger partial charge in [0, 0.05) is 31.9 Å². The molecule has 0 aliphatic carbocycles. The van der Waals surface area contributed by atoms with E-state index < -0.39 is 0 Å². The van der Waals surface area contributed by atoms with E-state index in [2.05, 4.69) is 47.9 Å². The molecule has 0 amide bonds. The average molecular weight is 264 g/mol. The molecule has 2 rings (SSSR count). The Bertz CT molecular complexity index is 366. The fourth-order valence-corrected chi connectivity index (χ4v) is 2.75. The van der Waals surface area contributed by atoms with Crippen LogP contribution in [-0.4, -0.2) is 40.4 Å². The van der Waals surface area contributed by atoms with E-state index in [1.807, 2.05) is 0 Å². The summed E-state index contributed by atoms with van der Waals surface area (Å²) >= 11 is 0. The van der Waals surface area contributed by atoms with Crippen LogP contribution in [0.25, 0.3) is 0 Å². The summed E-state index contributed by atoms with van der Waals surface area (Å²) in [5, 5.41) is 8.13. The van der Waals surface area contributed by atoms with Crippen LogP contribution in [0.1, 0.15) is 51.8 Å². The highest BCUT2D eigenvalue weighted by atomic mass is 15.3. The van der Waals surface area contributed by atoms with Crippen LogP contribution in [-0.2, 0) is 6.54 Å². The zero-order valence-electron chi connectivity index (χ0n) is 12.6. The zero-order valence-corrected chi connectivity index (χ0v) is 12.6. The van der Waals surface area contributed by atoms with Crippen molar-refractivity contribution in [3.05, 3.63) is 18.0 Å². The van der Waals surface area contributed by atoms with Crippen LogP contribution in [0.5, 0.6) is 0 Å². The van der Waals surface area contributed by atoms with Crippen LogP contribution < -0.4 is 5.32 Å². The Morgan fingerprint density at radius 2 is 2.11 bits per heavy atom. The first-order valence-electron chi connectivity index (χ1n) is 7.77. The maximum atomic E-state index is 4.77. The average Bonchev–Trinajstić information content (AvgIpc) is 2.77. The van der Waals surface area contributed by atoms with E-state index in [4.69, 9.17) is 5.10 Å². The molecule has 0 bridgehead atoms. The molecule has 1 fully saturated rings. The summed E-state index contributed by atoms with van der Waals surface area (Å²) in [5.74, 6) is 0. The number of nitrogens with zero attached hydrogens (tertiary/aromatic N) is 3. The minimum Gasteiger partial charge on any atom is -0.314 e. The van der Waals surface area contributed by atoms with E-state index in [1.165, 1.54) is 18.7 Å². The molecule has 1 N–H and O–H groups in total. The molecule has 0 spiro atoms. The van der Waals surface area contributed by atoms with Crippen molar-refractivity contribution >= 4 is 0 Å². The second kappa shape index (κ2) is 7.06. The van der Waals surface area contributed by atoms with Crippen LogP contribution in [0.15, 0.2) is 12.3 Å². The molecular weight excluding hydrogens is 236 g/mol. The van der Waals surface area contributed by atoms with Crippen molar-refractivity contribution in [3.8, 4) is 0 Å². The van der Waals surface area contributed by atoms with Gasteiger partial charge in [0.05, 0.1) is 11.7 Å². The van der Waals surface area contributed by atoms with Gasteiger partial charge in [-0.25, -0.2) is 0 Å². The first-order chi connectivity index (χ1) is 9.28. The molecular formula is C15H28N4. The van der Waals surface area contributed by atoms with Gasteiger partial charge >= 0.3 is 0 Å². The molecule has 19 heavy (non-hydrogen) atoms. The molecule has 1 saturated heterocycles. The highest BCUT2D eigenvalue weighted by Crippen LogP contribution is 2.16. The summed E-state index contributed by atoms with van der Waals surface area (Å²) in [6.45, 7) is 11.2. The van der Waals surface area contributed by atoms with Crippen LogP contribution >= 0.6 is 0 Å². The summed E-state index contributed by atoms with van der Waals surface area (Å²) in [7, 11) is 0. The summed E-state index contributed by atoms with van der Waals surface area (Å²) in [4.78, 5) is 2.57. The number of hydrogen-bond acceptors (Lipinski definition) is 3. The maximum absolute atomic E-state index is 4.77. The van der Waals surface area contributed by atoms with Gasteiger partial charge in [-0.3, -0.25) is 9.58 Å².